The Hall–Kier alpha value is -2.57. The first-order valence-corrected chi connectivity index (χ1v) is 11.4. The number of fused-ring (bicyclic) bond motifs is 1. The molecule has 2 aromatic heterocycles. The lowest BCUT2D eigenvalue weighted by Crippen LogP contribution is -2.09. The van der Waals surface area contributed by atoms with Crippen LogP contribution in [-0.2, 0) is 0 Å². The highest BCUT2D eigenvalue weighted by Crippen LogP contribution is 2.35. The summed E-state index contributed by atoms with van der Waals surface area (Å²) in [5.74, 6) is 1.79. The average molecular weight is 423 g/mol. The number of hydrogen-bond donors (Lipinski definition) is 1. The molecule has 0 amide bonds. The van der Waals surface area contributed by atoms with Crippen molar-refractivity contribution in [3.63, 3.8) is 0 Å². The molecule has 4 nitrogen and oxygen atoms in total. The van der Waals surface area contributed by atoms with Crippen molar-refractivity contribution in [2.24, 2.45) is 0 Å². The molecular formula is C23H22N2O2S2. The van der Waals surface area contributed by atoms with Gasteiger partial charge in [-0.1, -0.05) is 60.3 Å². The summed E-state index contributed by atoms with van der Waals surface area (Å²) in [7, 11) is 0. The second-order valence-electron chi connectivity index (χ2n) is 6.67. The van der Waals surface area contributed by atoms with Gasteiger partial charge in [-0.25, -0.2) is 4.98 Å². The topological polar surface area (TPSA) is 55.0 Å². The van der Waals surface area contributed by atoms with Crippen LogP contribution in [0.25, 0.3) is 21.3 Å². The smallest absolute Gasteiger partial charge is 0.260 e. The molecule has 0 spiro atoms. The second kappa shape index (κ2) is 9.29. The van der Waals surface area contributed by atoms with Crippen molar-refractivity contribution in [2.75, 3.05) is 12.4 Å². The maximum absolute atomic E-state index is 12.8. The third-order valence-corrected chi connectivity index (χ3v) is 6.53. The Kier molecular flexibility index (Phi) is 6.32. The molecule has 0 fully saturated rings. The molecule has 29 heavy (non-hydrogen) atoms. The Morgan fingerprint density at radius 3 is 2.52 bits per heavy atom. The van der Waals surface area contributed by atoms with Crippen LogP contribution >= 0.6 is 23.1 Å². The molecule has 0 bridgehead atoms. The van der Waals surface area contributed by atoms with Crippen molar-refractivity contribution in [1.29, 1.82) is 0 Å². The van der Waals surface area contributed by atoms with Gasteiger partial charge < -0.3 is 9.72 Å². The summed E-state index contributed by atoms with van der Waals surface area (Å²) < 4.78 is 5.71. The molecule has 148 valence electrons. The number of aryl methyl sites for hydroxylation is 1. The van der Waals surface area contributed by atoms with E-state index in [0.29, 0.717) is 17.1 Å². The summed E-state index contributed by atoms with van der Waals surface area (Å²) in [6.07, 6.45) is 1.96. The Labute approximate surface area is 178 Å². The largest absolute Gasteiger partial charge is 0.494 e. The normalized spacial score (nSPS) is 11.1. The highest BCUT2D eigenvalue weighted by molar-refractivity contribution is 7.99. The SMILES string of the molecule is Cc1sc2nc(SCCCCOc3ccccc3)[nH]c(=O)c2c1-c1ccccc1. The number of aromatic amines is 1. The number of aromatic nitrogens is 2. The van der Waals surface area contributed by atoms with Crippen LogP contribution < -0.4 is 10.3 Å². The van der Waals surface area contributed by atoms with Crippen molar-refractivity contribution >= 4 is 33.3 Å². The number of unbranched alkanes of at least 4 members (excludes halogenated alkanes) is 1. The Balaban J connectivity index is 1.39. The van der Waals surface area contributed by atoms with Crippen LogP contribution in [0.3, 0.4) is 0 Å². The van der Waals surface area contributed by atoms with Gasteiger partial charge in [0.1, 0.15) is 10.6 Å². The first kappa shape index (κ1) is 19.7. The van der Waals surface area contributed by atoms with Crippen molar-refractivity contribution < 1.29 is 4.74 Å². The van der Waals surface area contributed by atoms with Crippen LogP contribution in [0.1, 0.15) is 17.7 Å². The number of rotatable bonds is 8. The zero-order valence-corrected chi connectivity index (χ0v) is 17.8. The maximum atomic E-state index is 12.8. The minimum atomic E-state index is -0.0619. The van der Waals surface area contributed by atoms with Crippen molar-refractivity contribution in [3.05, 3.63) is 75.9 Å². The molecule has 0 aliphatic carbocycles. The van der Waals surface area contributed by atoms with Gasteiger partial charge in [-0.3, -0.25) is 4.79 Å². The lowest BCUT2D eigenvalue weighted by atomic mass is 10.0. The summed E-state index contributed by atoms with van der Waals surface area (Å²) in [6.45, 7) is 2.74. The van der Waals surface area contributed by atoms with Gasteiger partial charge in [-0.2, -0.15) is 0 Å². The zero-order chi connectivity index (χ0) is 20.1. The van der Waals surface area contributed by atoms with Crippen LogP contribution in [0.2, 0.25) is 0 Å². The molecule has 6 heteroatoms. The summed E-state index contributed by atoms with van der Waals surface area (Å²) >= 11 is 3.17. The van der Waals surface area contributed by atoms with E-state index >= 15 is 0 Å². The van der Waals surface area contributed by atoms with Gasteiger partial charge in [-0.15, -0.1) is 11.3 Å². The van der Waals surface area contributed by atoms with Gasteiger partial charge >= 0.3 is 0 Å². The minimum Gasteiger partial charge on any atom is -0.494 e. The van der Waals surface area contributed by atoms with Crippen molar-refractivity contribution in [1.82, 2.24) is 9.97 Å². The van der Waals surface area contributed by atoms with Crippen LogP contribution in [-0.4, -0.2) is 22.3 Å². The predicted octanol–water partition coefficient (Wildman–Crippen LogP) is 5.91. The van der Waals surface area contributed by atoms with Gasteiger partial charge in [-0.05, 0) is 37.5 Å². The van der Waals surface area contributed by atoms with Gasteiger partial charge in [0.25, 0.3) is 5.56 Å². The molecule has 0 saturated carbocycles. The Morgan fingerprint density at radius 2 is 1.76 bits per heavy atom. The summed E-state index contributed by atoms with van der Waals surface area (Å²) in [6, 6.07) is 19.9. The molecule has 0 aliphatic rings. The molecule has 0 aliphatic heterocycles. The maximum Gasteiger partial charge on any atom is 0.260 e. The van der Waals surface area contributed by atoms with E-state index < -0.39 is 0 Å². The van der Waals surface area contributed by atoms with Crippen LogP contribution in [0.15, 0.2) is 70.6 Å². The lowest BCUT2D eigenvalue weighted by Gasteiger charge is -2.05. The highest BCUT2D eigenvalue weighted by Gasteiger charge is 2.16. The van der Waals surface area contributed by atoms with E-state index in [-0.39, 0.29) is 5.56 Å². The number of benzene rings is 2. The van der Waals surface area contributed by atoms with E-state index in [2.05, 4.69) is 4.98 Å². The summed E-state index contributed by atoms with van der Waals surface area (Å²) in [5.41, 5.74) is 1.99. The number of hydrogen-bond acceptors (Lipinski definition) is 5. The number of H-pyrrole nitrogens is 1. The fourth-order valence-electron chi connectivity index (χ4n) is 3.20. The van der Waals surface area contributed by atoms with Gasteiger partial charge in [0.05, 0.1) is 12.0 Å². The first-order valence-electron chi connectivity index (χ1n) is 9.62. The monoisotopic (exact) mass is 422 g/mol. The molecule has 0 atom stereocenters. The number of nitrogens with zero attached hydrogens (tertiary/aromatic N) is 1. The third kappa shape index (κ3) is 4.71. The van der Waals surface area contributed by atoms with Crippen LogP contribution in [0.4, 0.5) is 0 Å². The van der Waals surface area contributed by atoms with E-state index in [0.717, 1.165) is 45.2 Å². The van der Waals surface area contributed by atoms with E-state index in [1.807, 2.05) is 67.6 Å². The number of ether oxygens (including phenoxy) is 1. The molecule has 2 heterocycles. The number of para-hydroxylation sites is 1. The number of thiophene rings is 1. The molecule has 0 saturated heterocycles. The average Bonchev–Trinajstić information content (AvgIpc) is 3.08. The van der Waals surface area contributed by atoms with E-state index in [1.54, 1.807) is 23.1 Å². The van der Waals surface area contributed by atoms with Crippen molar-refractivity contribution in [2.45, 2.75) is 24.9 Å². The fraction of sp³-hybridized carbons (Fsp3) is 0.217. The molecule has 2 aromatic carbocycles. The Morgan fingerprint density at radius 1 is 1.03 bits per heavy atom. The first-order chi connectivity index (χ1) is 14.2. The standard InChI is InChI=1S/C23H22N2O2S2/c1-16-19(17-10-4-2-5-11-17)20-21(26)24-23(25-22(20)29-16)28-15-9-8-14-27-18-12-6-3-7-13-18/h2-7,10-13H,8-9,14-15H2,1H3,(H,24,25,26). The van der Waals surface area contributed by atoms with E-state index in [9.17, 15) is 4.79 Å². The molecule has 0 radical (unpaired) electrons. The molecule has 0 unspecified atom stereocenters. The fourth-order valence-corrected chi connectivity index (χ4v) is 5.17. The molecule has 4 aromatic rings. The summed E-state index contributed by atoms with van der Waals surface area (Å²) in [5, 5.41) is 1.38. The lowest BCUT2D eigenvalue weighted by molar-refractivity contribution is 0.310. The van der Waals surface area contributed by atoms with E-state index in [4.69, 9.17) is 9.72 Å². The number of thioether (sulfide) groups is 1. The predicted molar refractivity (Wildman–Crippen MR) is 122 cm³/mol. The molecule has 4 rings (SSSR count). The zero-order valence-electron chi connectivity index (χ0n) is 16.2. The highest BCUT2D eigenvalue weighted by atomic mass is 32.2. The van der Waals surface area contributed by atoms with Crippen LogP contribution in [0, 0.1) is 6.92 Å². The van der Waals surface area contributed by atoms with Gasteiger partial charge in [0, 0.05) is 16.2 Å². The van der Waals surface area contributed by atoms with Gasteiger partial charge in [0.2, 0.25) is 0 Å². The molecule has 1 N–H and O–H groups in total. The van der Waals surface area contributed by atoms with Crippen LogP contribution in [0.5, 0.6) is 5.75 Å². The Bertz CT molecular complexity index is 1140. The van der Waals surface area contributed by atoms with Gasteiger partial charge in [0.15, 0.2) is 5.16 Å². The minimum absolute atomic E-state index is 0.0619. The third-order valence-electron chi connectivity index (χ3n) is 4.57. The second-order valence-corrected chi connectivity index (χ2v) is 8.95. The molecular weight excluding hydrogens is 400 g/mol. The van der Waals surface area contributed by atoms with E-state index in [1.165, 1.54) is 0 Å². The quantitative estimate of drug-likeness (QED) is 0.218. The summed E-state index contributed by atoms with van der Waals surface area (Å²) in [4.78, 5) is 22.4. The number of nitrogens with one attached hydrogen (secondary N) is 1. The van der Waals surface area contributed by atoms with Crippen molar-refractivity contribution in [3.8, 4) is 16.9 Å².